The van der Waals surface area contributed by atoms with E-state index in [2.05, 4.69) is 5.32 Å². The molecule has 0 fully saturated rings. The third kappa shape index (κ3) is 5.45. The SMILES string of the molecule is CC(C)(C)OCC(=O)NCc1ccccc1F. The molecule has 94 valence electrons. The molecule has 0 saturated carbocycles. The summed E-state index contributed by atoms with van der Waals surface area (Å²) in [7, 11) is 0. The van der Waals surface area contributed by atoms with Crippen LogP contribution in [0.15, 0.2) is 24.3 Å². The predicted molar refractivity (Wildman–Crippen MR) is 64.0 cm³/mol. The molecule has 0 aromatic heterocycles. The molecule has 1 aromatic carbocycles. The van der Waals surface area contributed by atoms with Crippen LogP contribution >= 0.6 is 0 Å². The summed E-state index contributed by atoms with van der Waals surface area (Å²) in [6, 6.07) is 6.35. The minimum atomic E-state index is -0.352. The highest BCUT2D eigenvalue weighted by atomic mass is 19.1. The molecule has 0 atom stereocenters. The van der Waals surface area contributed by atoms with Crippen LogP contribution in [0.1, 0.15) is 26.3 Å². The standard InChI is InChI=1S/C13H18FNO2/c1-13(2,3)17-9-12(16)15-8-10-6-4-5-7-11(10)14/h4-7H,8-9H2,1-3H3,(H,15,16). The lowest BCUT2D eigenvalue weighted by atomic mass is 10.2. The molecule has 4 heteroatoms. The monoisotopic (exact) mass is 239 g/mol. The minimum Gasteiger partial charge on any atom is -0.366 e. The summed E-state index contributed by atoms with van der Waals surface area (Å²) in [4.78, 5) is 11.4. The van der Waals surface area contributed by atoms with Crippen LogP contribution in [0.4, 0.5) is 4.39 Å². The number of amides is 1. The lowest BCUT2D eigenvalue weighted by Gasteiger charge is -2.19. The normalized spacial score (nSPS) is 11.3. The van der Waals surface area contributed by atoms with Crippen molar-refractivity contribution in [2.75, 3.05) is 6.61 Å². The van der Waals surface area contributed by atoms with Gasteiger partial charge in [-0.3, -0.25) is 4.79 Å². The second kappa shape index (κ2) is 5.77. The van der Waals surface area contributed by atoms with E-state index in [1.165, 1.54) is 6.07 Å². The Morgan fingerprint density at radius 3 is 2.59 bits per heavy atom. The maximum atomic E-state index is 13.2. The Labute approximate surface area is 101 Å². The number of nitrogens with one attached hydrogen (secondary N) is 1. The van der Waals surface area contributed by atoms with E-state index in [1.54, 1.807) is 18.2 Å². The van der Waals surface area contributed by atoms with Gasteiger partial charge in [0.05, 0.1) is 5.60 Å². The van der Waals surface area contributed by atoms with Crippen LogP contribution in [0.5, 0.6) is 0 Å². The van der Waals surface area contributed by atoms with Gasteiger partial charge in [-0.05, 0) is 26.8 Å². The smallest absolute Gasteiger partial charge is 0.246 e. The predicted octanol–water partition coefficient (Wildman–Crippen LogP) is 2.26. The Kier molecular flexibility index (Phi) is 4.63. The number of hydrogen-bond acceptors (Lipinski definition) is 2. The van der Waals surface area contributed by atoms with Crippen LogP contribution in [0.3, 0.4) is 0 Å². The van der Waals surface area contributed by atoms with Crippen molar-refractivity contribution in [1.29, 1.82) is 0 Å². The topological polar surface area (TPSA) is 38.3 Å². The zero-order valence-corrected chi connectivity index (χ0v) is 10.4. The Balaban J connectivity index is 2.36. The molecule has 0 unspecified atom stereocenters. The average molecular weight is 239 g/mol. The molecule has 0 bridgehead atoms. The molecule has 1 rings (SSSR count). The quantitative estimate of drug-likeness (QED) is 0.875. The number of ether oxygens (including phenoxy) is 1. The summed E-state index contributed by atoms with van der Waals surface area (Å²) in [6.07, 6.45) is 0. The zero-order valence-electron chi connectivity index (χ0n) is 10.4. The third-order valence-corrected chi connectivity index (χ3v) is 2.07. The second-order valence-corrected chi connectivity index (χ2v) is 4.77. The van der Waals surface area contributed by atoms with Crippen LogP contribution < -0.4 is 5.32 Å². The van der Waals surface area contributed by atoms with Gasteiger partial charge < -0.3 is 10.1 Å². The number of carbonyl (C=O) groups is 1. The van der Waals surface area contributed by atoms with Gasteiger partial charge >= 0.3 is 0 Å². The summed E-state index contributed by atoms with van der Waals surface area (Å²) in [6.45, 7) is 5.78. The van der Waals surface area contributed by atoms with Gasteiger partial charge in [0, 0.05) is 12.1 Å². The van der Waals surface area contributed by atoms with E-state index < -0.39 is 0 Å². The Bertz CT molecular complexity index is 385. The van der Waals surface area contributed by atoms with E-state index >= 15 is 0 Å². The van der Waals surface area contributed by atoms with Crippen LogP contribution in [-0.2, 0) is 16.1 Å². The molecule has 0 aliphatic heterocycles. The third-order valence-electron chi connectivity index (χ3n) is 2.07. The highest BCUT2D eigenvalue weighted by Crippen LogP contribution is 2.07. The van der Waals surface area contributed by atoms with Crippen molar-refractivity contribution < 1.29 is 13.9 Å². The van der Waals surface area contributed by atoms with E-state index in [9.17, 15) is 9.18 Å². The van der Waals surface area contributed by atoms with Crippen molar-refractivity contribution >= 4 is 5.91 Å². The van der Waals surface area contributed by atoms with Crippen molar-refractivity contribution in [3.8, 4) is 0 Å². The average Bonchev–Trinajstić information content (AvgIpc) is 2.24. The first-order valence-corrected chi connectivity index (χ1v) is 5.52. The first kappa shape index (κ1) is 13.6. The van der Waals surface area contributed by atoms with Crippen LogP contribution in [0, 0.1) is 5.82 Å². The molecule has 1 aromatic rings. The van der Waals surface area contributed by atoms with Gasteiger partial charge in [-0.1, -0.05) is 18.2 Å². The van der Waals surface area contributed by atoms with Gasteiger partial charge in [-0.2, -0.15) is 0 Å². The van der Waals surface area contributed by atoms with Crippen molar-refractivity contribution in [2.24, 2.45) is 0 Å². The van der Waals surface area contributed by atoms with Crippen molar-refractivity contribution in [3.63, 3.8) is 0 Å². The lowest BCUT2D eigenvalue weighted by molar-refractivity contribution is -0.130. The van der Waals surface area contributed by atoms with Gasteiger partial charge in [0.2, 0.25) is 5.91 Å². The van der Waals surface area contributed by atoms with Gasteiger partial charge in [0.25, 0.3) is 0 Å². The van der Waals surface area contributed by atoms with Gasteiger partial charge in [0.15, 0.2) is 0 Å². The maximum Gasteiger partial charge on any atom is 0.246 e. The summed E-state index contributed by atoms with van der Waals surface area (Å²) >= 11 is 0. The fourth-order valence-electron chi connectivity index (χ4n) is 1.17. The molecule has 17 heavy (non-hydrogen) atoms. The van der Waals surface area contributed by atoms with Crippen molar-refractivity contribution in [1.82, 2.24) is 5.32 Å². The molecular weight excluding hydrogens is 221 g/mol. The number of rotatable bonds is 4. The number of halogens is 1. The maximum absolute atomic E-state index is 13.2. The Hall–Kier alpha value is -1.42. The fraction of sp³-hybridized carbons (Fsp3) is 0.462. The van der Waals surface area contributed by atoms with Gasteiger partial charge in [-0.15, -0.1) is 0 Å². The fourth-order valence-corrected chi connectivity index (χ4v) is 1.17. The second-order valence-electron chi connectivity index (χ2n) is 4.77. The minimum absolute atomic E-state index is 0.0159. The van der Waals surface area contributed by atoms with Crippen LogP contribution in [0.2, 0.25) is 0 Å². The molecule has 0 heterocycles. The Morgan fingerprint density at radius 1 is 1.35 bits per heavy atom. The molecular formula is C13H18FNO2. The lowest BCUT2D eigenvalue weighted by Crippen LogP contribution is -2.31. The largest absolute Gasteiger partial charge is 0.366 e. The summed E-state index contributed by atoms with van der Waals surface area (Å²) in [5, 5.41) is 2.61. The van der Waals surface area contributed by atoms with E-state index in [0.29, 0.717) is 5.56 Å². The highest BCUT2D eigenvalue weighted by Gasteiger charge is 2.12. The van der Waals surface area contributed by atoms with Gasteiger partial charge in [-0.25, -0.2) is 4.39 Å². The number of carbonyl (C=O) groups excluding carboxylic acids is 1. The van der Waals surface area contributed by atoms with Crippen LogP contribution in [0.25, 0.3) is 0 Å². The highest BCUT2D eigenvalue weighted by molar-refractivity contribution is 5.77. The van der Waals surface area contributed by atoms with E-state index in [4.69, 9.17) is 4.74 Å². The van der Waals surface area contributed by atoms with E-state index in [-0.39, 0.29) is 30.5 Å². The molecule has 0 spiro atoms. The molecule has 1 amide bonds. The van der Waals surface area contributed by atoms with E-state index in [1.807, 2.05) is 20.8 Å². The van der Waals surface area contributed by atoms with Crippen LogP contribution in [-0.4, -0.2) is 18.1 Å². The zero-order chi connectivity index (χ0) is 12.9. The molecule has 3 nitrogen and oxygen atoms in total. The molecule has 0 saturated heterocycles. The number of hydrogen-bond donors (Lipinski definition) is 1. The summed E-state index contributed by atoms with van der Waals surface area (Å²) < 4.78 is 18.5. The summed E-state index contributed by atoms with van der Waals surface area (Å²) in [5.41, 5.74) is 0.117. The van der Waals surface area contributed by atoms with E-state index in [0.717, 1.165) is 0 Å². The molecule has 0 aliphatic carbocycles. The number of benzene rings is 1. The molecule has 0 radical (unpaired) electrons. The molecule has 1 N–H and O–H groups in total. The van der Waals surface area contributed by atoms with Crippen molar-refractivity contribution in [2.45, 2.75) is 32.9 Å². The van der Waals surface area contributed by atoms with Crippen molar-refractivity contribution in [3.05, 3.63) is 35.6 Å². The summed E-state index contributed by atoms with van der Waals surface area (Å²) in [5.74, 6) is -0.562. The Morgan fingerprint density at radius 2 is 2.00 bits per heavy atom. The molecule has 0 aliphatic rings. The van der Waals surface area contributed by atoms with Gasteiger partial charge in [0.1, 0.15) is 12.4 Å². The first-order chi connectivity index (χ1) is 7.88. The first-order valence-electron chi connectivity index (χ1n) is 5.52.